The van der Waals surface area contributed by atoms with Crippen molar-refractivity contribution < 1.29 is 8.78 Å². The van der Waals surface area contributed by atoms with Crippen LogP contribution in [0.25, 0.3) is 16.7 Å². The lowest BCUT2D eigenvalue weighted by molar-refractivity contribution is 0.514. The van der Waals surface area contributed by atoms with Crippen molar-refractivity contribution in [2.75, 3.05) is 0 Å². The molecular weight excluding hydrogens is 266 g/mol. The van der Waals surface area contributed by atoms with E-state index in [-0.39, 0.29) is 5.52 Å². The third kappa shape index (κ3) is 1.77. The summed E-state index contributed by atoms with van der Waals surface area (Å²) in [6.45, 7) is 1.90. The van der Waals surface area contributed by atoms with Gasteiger partial charge in [0.15, 0.2) is 16.4 Å². The van der Waals surface area contributed by atoms with E-state index < -0.39 is 11.6 Å². The highest BCUT2D eigenvalue weighted by atomic mass is 32.1. The van der Waals surface area contributed by atoms with E-state index in [9.17, 15) is 8.78 Å². The Morgan fingerprint density at radius 2 is 1.84 bits per heavy atom. The molecule has 0 saturated carbocycles. The van der Waals surface area contributed by atoms with Crippen LogP contribution in [0, 0.1) is 23.3 Å². The molecular formula is C14H10F2N2S. The second-order valence-electron chi connectivity index (χ2n) is 4.31. The van der Waals surface area contributed by atoms with Crippen molar-refractivity contribution in [1.29, 1.82) is 0 Å². The number of hydrogen-bond acceptors (Lipinski definition) is 1. The number of halogens is 2. The number of H-pyrrole nitrogens is 1. The first-order valence-electron chi connectivity index (χ1n) is 5.74. The zero-order valence-corrected chi connectivity index (χ0v) is 10.9. The fraction of sp³-hybridized carbons (Fsp3) is 0.0714. The molecule has 3 aromatic rings. The van der Waals surface area contributed by atoms with E-state index in [0.29, 0.717) is 10.3 Å². The summed E-state index contributed by atoms with van der Waals surface area (Å²) in [5.41, 5.74) is 2.29. The normalized spacial score (nSPS) is 11.1. The maximum absolute atomic E-state index is 14.0. The molecule has 2 nitrogen and oxygen atoms in total. The molecule has 0 amide bonds. The Kier molecular flexibility index (Phi) is 2.71. The van der Waals surface area contributed by atoms with Gasteiger partial charge >= 0.3 is 0 Å². The number of fused-ring (bicyclic) bond motifs is 1. The number of aryl methyl sites for hydroxylation is 1. The number of nitrogens with zero attached hydrogens (tertiary/aromatic N) is 1. The minimum absolute atomic E-state index is 0.138. The fourth-order valence-corrected chi connectivity index (χ4v) is 2.48. The topological polar surface area (TPSA) is 20.7 Å². The molecule has 1 aromatic heterocycles. The number of aromatic amines is 1. The lowest BCUT2D eigenvalue weighted by atomic mass is 10.2. The number of imidazole rings is 1. The molecule has 2 aromatic carbocycles. The number of benzene rings is 2. The number of hydrogen-bond donors (Lipinski definition) is 1. The summed E-state index contributed by atoms with van der Waals surface area (Å²) in [6, 6.07) is 10.0. The van der Waals surface area contributed by atoms with Crippen molar-refractivity contribution in [1.82, 2.24) is 9.55 Å². The minimum Gasteiger partial charge on any atom is -0.330 e. The summed E-state index contributed by atoms with van der Waals surface area (Å²) in [5.74, 6) is -1.78. The third-order valence-electron chi connectivity index (χ3n) is 3.09. The van der Waals surface area contributed by atoms with Gasteiger partial charge in [-0.15, -0.1) is 0 Å². The lowest BCUT2D eigenvalue weighted by Crippen LogP contribution is -1.99. The highest BCUT2D eigenvalue weighted by molar-refractivity contribution is 7.71. The molecule has 1 heterocycles. The zero-order valence-electron chi connectivity index (χ0n) is 10.1. The molecule has 0 fully saturated rings. The first-order chi connectivity index (χ1) is 9.09. The quantitative estimate of drug-likeness (QED) is 0.658. The Hall–Kier alpha value is -2.01. The minimum atomic E-state index is -0.895. The maximum Gasteiger partial charge on any atom is 0.184 e. The average molecular weight is 276 g/mol. The van der Waals surface area contributed by atoms with Gasteiger partial charge in [-0.2, -0.15) is 0 Å². The van der Waals surface area contributed by atoms with E-state index in [1.165, 1.54) is 10.6 Å². The summed E-state index contributed by atoms with van der Waals surface area (Å²) in [7, 11) is 0. The van der Waals surface area contributed by atoms with E-state index in [1.807, 2.05) is 31.2 Å². The van der Waals surface area contributed by atoms with Crippen molar-refractivity contribution in [3.63, 3.8) is 0 Å². The molecule has 0 aliphatic carbocycles. The van der Waals surface area contributed by atoms with Gasteiger partial charge in [-0.1, -0.05) is 18.2 Å². The fourth-order valence-electron chi connectivity index (χ4n) is 2.18. The van der Waals surface area contributed by atoms with Crippen molar-refractivity contribution in [2.45, 2.75) is 6.92 Å². The van der Waals surface area contributed by atoms with Gasteiger partial charge in [-0.05, 0) is 42.9 Å². The van der Waals surface area contributed by atoms with Crippen LogP contribution in [-0.2, 0) is 0 Å². The largest absolute Gasteiger partial charge is 0.330 e. The monoisotopic (exact) mass is 276 g/mol. The average Bonchev–Trinajstić information content (AvgIpc) is 2.72. The van der Waals surface area contributed by atoms with Crippen LogP contribution >= 0.6 is 12.2 Å². The van der Waals surface area contributed by atoms with E-state index in [1.54, 1.807) is 0 Å². The molecule has 0 aliphatic heterocycles. The predicted octanol–water partition coefficient (Wildman–Crippen LogP) is 4.27. The van der Waals surface area contributed by atoms with Gasteiger partial charge in [-0.25, -0.2) is 8.78 Å². The molecule has 0 saturated heterocycles. The van der Waals surface area contributed by atoms with Gasteiger partial charge in [0.05, 0.1) is 11.2 Å². The van der Waals surface area contributed by atoms with Crippen LogP contribution in [0.5, 0.6) is 0 Å². The third-order valence-corrected chi connectivity index (χ3v) is 3.38. The number of rotatable bonds is 1. The summed E-state index contributed by atoms with van der Waals surface area (Å²) in [4.78, 5) is 2.89. The molecule has 19 heavy (non-hydrogen) atoms. The van der Waals surface area contributed by atoms with Gasteiger partial charge in [0.25, 0.3) is 0 Å². The van der Waals surface area contributed by atoms with Crippen LogP contribution in [0.4, 0.5) is 8.78 Å². The molecule has 0 atom stereocenters. The van der Waals surface area contributed by atoms with E-state index in [2.05, 4.69) is 4.98 Å². The van der Waals surface area contributed by atoms with Crippen molar-refractivity contribution in [2.24, 2.45) is 0 Å². The van der Waals surface area contributed by atoms with Crippen LogP contribution < -0.4 is 0 Å². The van der Waals surface area contributed by atoms with Gasteiger partial charge in [0.1, 0.15) is 5.52 Å². The second kappa shape index (κ2) is 4.28. The summed E-state index contributed by atoms with van der Waals surface area (Å²) in [6.07, 6.45) is 0. The Morgan fingerprint density at radius 1 is 1.11 bits per heavy atom. The zero-order chi connectivity index (χ0) is 13.6. The molecule has 96 valence electrons. The van der Waals surface area contributed by atoms with Crippen molar-refractivity contribution in [3.8, 4) is 5.69 Å². The molecule has 3 rings (SSSR count). The van der Waals surface area contributed by atoms with E-state index in [4.69, 9.17) is 12.2 Å². The van der Waals surface area contributed by atoms with E-state index in [0.717, 1.165) is 17.3 Å². The second-order valence-corrected chi connectivity index (χ2v) is 4.70. The number of para-hydroxylation sites is 1. The Balaban J connectivity index is 2.48. The van der Waals surface area contributed by atoms with Crippen LogP contribution in [0.1, 0.15) is 5.56 Å². The van der Waals surface area contributed by atoms with Gasteiger partial charge in [0.2, 0.25) is 0 Å². The molecule has 1 N–H and O–H groups in total. The SMILES string of the molecule is Cc1ccccc1-n1c(=S)[nH]c2ccc(F)c(F)c21. The highest BCUT2D eigenvalue weighted by Crippen LogP contribution is 2.25. The molecule has 0 bridgehead atoms. The number of nitrogens with one attached hydrogen (secondary N) is 1. The number of aromatic nitrogens is 2. The van der Waals surface area contributed by atoms with Crippen LogP contribution in [0.15, 0.2) is 36.4 Å². The standard InChI is InChI=1S/C14H10F2N2S/c1-8-4-2-3-5-11(8)18-13-10(17-14(18)19)7-6-9(15)12(13)16/h2-7H,1H3,(H,17,19). The smallest absolute Gasteiger partial charge is 0.184 e. The van der Waals surface area contributed by atoms with Crippen LogP contribution in [0.2, 0.25) is 0 Å². The van der Waals surface area contributed by atoms with Crippen LogP contribution in [0.3, 0.4) is 0 Å². The lowest BCUT2D eigenvalue weighted by Gasteiger charge is -2.08. The van der Waals surface area contributed by atoms with Crippen molar-refractivity contribution in [3.05, 3.63) is 58.4 Å². The maximum atomic E-state index is 14.0. The highest BCUT2D eigenvalue weighted by Gasteiger charge is 2.15. The Morgan fingerprint density at radius 3 is 2.58 bits per heavy atom. The molecule has 0 spiro atoms. The summed E-state index contributed by atoms with van der Waals surface area (Å²) < 4.78 is 29.3. The predicted molar refractivity (Wildman–Crippen MR) is 73.1 cm³/mol. The molecule has 0 unspecified atom stereocenters. The van der Waals surface area contributed by atoms with Gasteiger partial charge in [-0.3, -0.25) is 4.57 Å². The summed E-state index contributed by atoms with van der Waals surface area (Å²) in [5, 5.41) is 0. The molecule has 0 aliphatic rings. The van der Waals surface area contributed by atoms with Crippen LogP contribution in [-0.4, -0.2) is 9.55 Å². The van der Waals surface area contributed by atoms with Gasteiger partial charge in [0, 0.05) is 0 Å². The Bertz CT molecular complexity index is 833. The molecule has 5 heteroatoms. The Labute approximate surface area is 113 Å². The van der Waals surface area contributed by atoms with E-state index >= 15 is 0 Å². The van der Waals surface area contributed by atoms with Gasteiger partial charge < -0.3 is 4.98 Å². The molecule has 0 radical (unpaired) electrons. The first kappa shape index (κ1) is 12.0. The summed E-state index contributed by atoms with van der Waals surface area (Å²) >= 11 is 5.22. The van der Waals surface area contributed by atoms with Crippen molar-refractivity contribution >= 4 is 23.3 Å². The first-order valence-corrected chi connectivity index (χ1v) is 6.15.